The summed E-state index contributed by atoms with van der Waals surface area (Å²) >= 11 is 1.72. The molecule has 1 atom stereocenters. The van der Waals surface area contributed by atoms with Gasteiger partial charge in [0.1, 0.15) is 0 Å². The molecule has 0 amide bonds. The number of rotatable bonds is 4. The Kier molecular flexibility index (Phi) is 4.71. The topological polar surface area (TPSA) is 51.0 Å². The molecule has 0 saturated carbocycles. The van der Waals surface area contributed by atoms with Crippen molar-refractivity contribution in [3.05, 3.63) is 42.0 Å². The zero-order chi connectivity index (χ0) is 13.6. The lowest BCUT2D eigenvalue weighted by molar-refractivity contribution is 0.373. The van der Waals surface area contributed by atoms with Gasteiger partial charge in [0.05, 0.1) is 11.8 Å². The van der Waals surface area contributed by atoms with Crippen molar-refractivity contribution >= 4 is 11.8 Å². The summed E-state index contributed by atoms with van der Waals surface area (Å²) in [5, 5.41) is 7.63. The summed E-state index contributed by atoms with van der Waals surface area (Å²) in [5.74, 6) is 2.25. The maximum atomic E-state index is 5.36. The van der Waals surface area contributed by atoms with Crippen molar-refractivity contribution in [1.29, 1.82) is 0 Å². The van der Waals surface area contributed by atoms with Crippen LogP contribution in [0, 0.1) is 0 Å². The second-order valence-electron chi connectivity index (χ2n) is 5.00. The Bertz CT molecular complexity index is 521. The first kappa shape index (κ1) is 13.6. The molecular formula is C15H19N3OS. The molecule has 1 aromatic carbocycles. The minimum Gasteiger partial charge on any atom is -0.338 e. The highest BCUT2D eigenvalue weighted by Crippen LogP contribution is 2.24. The SMILES string of the molecule is c1ccc(SCc2nc(C3CCCCCN3)no2)cc1. The average Bonchev–Trinajstić information content (AvgIpc) is 2.80. The van der Waals surface area contributed by atoms with Gasteiger partial charge in [0.2, 0.25) is 5.89 Å². The largest absolute Gasteiger partial charge is 0.338 e. The summed E-state index contributed by atoms with van der Waals surface area (Å²) in [5.41, 5.74) is 0. The van der Waals surface area contributed by atoms with Gasteiger partial charge < -0.3 is 9.84 Å². The Morgan fingerprint density at radius 2 is 2.10 bits per heavy atom. The average molecular weight is 289 g/mol. The molecule has 1 aromatic heterocycles. The van der Waals surface area contributed by atoms with Crippen LogP contribution in [-0.2, 0) is 5.75 Å². The molecule has 2 heterocycles. The normalized spacial score (nSPS) is 19.7. The van der Waals surface area contributed by atoms with Crippen LogP contribution in [0.2, 0.25) is 0 Å². The Morgan fingerprint density at radius 3 is 3.00 bits per heavy atom. The highest BCUT2D eigenvalue weighted by molar-refractivity contribution is 7.98. The molecule has 1 aliphatic rings. The first-order valence-corrected chi connectivity index (χ1v) is 8.14. The third-order valence-electron chi connectivity index (χ3n) is 3.46. The summed E-state index contributed by atoms with van der Waals surface area (Å²) in [6.07, 6.45) is 4.87. The summed E-state index contributed by atoms with van der Waals surface area (Å²) in [6, 6.07) is 10.5. The monoisotopic (exact) mass is 289 g/mol. The maximum Gasteiger partial charge on any atom is 0.237 e. The fourth-order valence-electron chi connectivity index (χ4n) is 2.38. The van der Waals surface area contributed by atoms with Gasteiger partial charge in [0.15, 0.2) is 5.82 Å². The van der Waals surface area contributed by atoms with Crippen LogP contribution >= 0.6 is 11.8 Å². The lowest BCUT2D eigenvalue weighted by Crippen LogP contribution is -2.21. The van der Waals surface area contributed by atoms with Crippen molar-refractivity contribution in [2.24, 2.45) is 0 Å². The quantitative estimate of drug-likeness (QED) is 0.872. The first-order valence-electron chi connectivity index (χ1n) is 7.15. The zero-order valence-electron chi connectivity index (χ0n) is 11.4. The van der Waals surface area contributed by atoms with E-state index in [1.54, 1.807) is 11.8 Å². The van der Waals surface area contributed by atoms with Crippen molar-refractivity contribution in [3.8, 4) is 0 Å². The number of thioether (sulfide) groups is 1. The molecule has 2 aromatic rings. The fourth-order valence-corrected chi connectivity index (χ4v) is 3.14. The maximum absolute atomic E-state index is 5.36. The minimum absolute atomic E-state index is 0.261. The highest BCUT2D eigenvalue weighted by atomic mass is 32.2. The van der Waals surface area contributed by atoms with Gasteiger partial charge in [-0.05, 0) is 31.5 Å². The van der Waals surface area contributed by atoms with E-state index in [-0.39, 0.29) is 6.04 Å². The van der Waals surface area contributed by atoms with Crippen molar-refractivity contribution < 1.29 is 4.52 Å². The van der Waals surface area contributed by atoms with Crippen LogP contribution in [0.4, 0.5) is 0 Å². The van der Waals surface area contributed by atoms with Gasteiger partial charge in [-0.3, -0.25) is 0 Å². The predicted molar refractivity (Wildman–Crippen MR) is 79.5 cm³/mol. The molecule has 0 aliphatic carbocycles. The third-order valence-corrected chi connectivity index (χ3v) is 4.46. The predicted octanol–water partition coefficient (Wildman–Crippen LogP) is 3.57. The number of hydrogen-bond donors (Lipinski definition) is 1. The summed E-state index contributed by atoms with van der Waals surface area (Å²) in [7, 11) is 0. The van der Waals surface area contributed by atoms with Crippen LogP contribution in [0.1, 0.15) is 43.4 Å². The Morgan fingerprint density at radius 1 is 1.20 bits per heavy atom. The second kappa shape index (κ2) is 6.90. The molecule has 0 radical (unpaired) electrons. The van der Waals surface area contributed by atoms with Gasteiger partial charge in [-0.15, -0.1) is 11.8 Å². The highest BCUT2D eigenvalue weighted by Gasteiger charge is 2.19. The molecule has 1 saturated heterocycles. The van der Waals surface area contributed by atoms with Gasteiger partial charge in [-0.25, -0.2) is 0 Å². The van der Waals surface area contributed by atoms with Crippen LogP contribution < -0.4 is 5.32 Å². The van der Waals surface area contributed by atoms with Gasteiger partial charge in [0, 0.05) is 4.90 Å². The minimum atomic E-state index is 0.261. The van der Waals surface area contributed by atoms with E-state index in [2.05, 4.69) is 27.6 Å². The first-order chi connectivity index (χ1) is 9.92. The van der Waals surface area contributed by atoms with E-state index in [4.69, 9.17) is 4.52 Å². The van der Waals surface area contributed by atoms with Gasteiger partial charge in [-0.2, -0.15) is 4.98 Å². The molecule has 5 heteroatoms. The second-order valence-corrected chi connectivity index (χ2v) is 6.05. The van der Waals surface area contributed by atoms with E-state index >= 15 is 0 Å². The fraction of sp³-hybridized carbons (Fsp3) is 0.467. The van der Waals surface area contributed by atoms with Crippen molar-refractivity contribution in [1.82, 2.24) is 15.5 Å². The molecule has 3 rings (SSSR count). The summed E-state index contributed by atoms with van der Waals surface area (Å²) < 4.78 is 5.36. The smallest absolute Gasteiger partial charge is 0.237 e. The third kappa shape index (κ3) is 3.61. The van der Waals surface area contributed by atoms with Crippen LogP contribution in [0.5, 0.6) is 0 Å². The number of nitrogens with one attached hydrogen (secondary N) is 1. The van der Waals surface area contributed by atoms with Crippen LogP contribution in [-0.4, -0.2) is 16.7 Å². The zero-order valence-corrected chi connectivity index (χ0v) is 12.2. The van der Waals surface area contributed by atoms with E-state index in [9.17, 15) is 0 Å². The molecule has 106 valence electrons. The van der Waals surface area contributed by atoms with E-state index in [0.29, 0.717) is 5.89 Å². The molecule has 1 aliphatic heterocycles. The molecule has 1 N–H and O–H groups in total. The summed E-state index contributed by atoms with van der Waals surface area (Å²) in [6.45, 7) is 1.05. The van der Waals surface area contributed by atoms with Crippen molar-refractivity contribution in [3.63, 3.8) is 0 Å². The van der Waals surface area contributed by atoms with Crippen molar-refractivity contribution in [2.45, 2.75) is 42.4 Å². The van der Waals surface area contributed by atoms with E-state index in [0.717, 1.165) is 24.5 Å². The molecular weight excluding hydrogens is 270 g/mol. The van der Waals surface area contributed by atoms with Crippen LogP contribution in [0.25, 0.3) is 0 Å². The number of hydrogen-bond acceptors (Lipinski definition) is 5. The molecule has 20 heavy (non-hydrogen) atoms. The molecule has 1 unspecified atom stereocenters. The van der Waals surface area contributed by atoms with Gasteiger partial charge in [0.25, 0.3) is 0 Å². The van der Waals surface area contributed by atoms with Crippen LogP contribution in [0.15, 0.2) is 39.8 Å². The standard InChI is InChI=1S/C15H19N3OS/c1-3-7-12(8-4-1)20-11-14-17-15(18-19-14)13-9-5-2-6-10-16-13/h1,3-4,7-8,13,16H,2,5-6,9-11H2. The molecule has 0 spiro atoms. The molecule has 1 fully saturated rings. The lowest BCUT2D eigenvalue weighted by Gasteiger charge is -2.09. The Hall–Kier alpha value is -1.33. The summed E-state index contributed by atoms with van der Waals surface area (Å²) in [4.78, 5) is 5.75. The van der Waals surface area contributed by atoms with E-state index < -0.39 is 0 Å². The number of nitrogens with zero attached hydrogens (tertiary/aromatic N) is 2. The molecule has 0 bridgehead atoms. The van der Waals surface area contributed by atoms with Crippen molar-refractivity contribution in [2.75, 3.05) is 6.54 Å². The van der Waals surface area contributed by atoms with Gasteiger partial charge >= 0.3 is 0 Å². The van der Waals surface area contributed by atoms with E-state index in [1.165, 1.54) is 24.2 Å². The Balaban J connectivity index is 1.58. The van der Waals surface area contributed by atoms with Crippen LogP contribution in [0.3, 0.4) is 0 Å². The lowest BCUT2D eigenvalue weighted by atomic mass is 10.1. The Labute approximate surface area is 123 Å². The molecule has 4 nitrogen and oxygen atoms in total. The van der Waals surface area contributed by atoms with Gasteiger partial charge in [-0.1, -0.05) is 36.2 Å². The number of benzene rings is 1. The van der Waals surface area contributed by atoms with E-state index in [1.807, 2.05) is 18.2 Å². The number of aromatic nitrogens is 2.